The van der Waals surface area contributed by atoms with E-state index >= 15 is 0 Å². The van der Waals surface area contributed by atoms with Gasteiger partial charge in [-0.05, 0) is 67.9 Å². The predicted octanol–water partition coefficient (Wildman–Crippen LogP) is 5.03. The van der Waals surface area contributed by atoms with E-state index in [1.807, 2.05) is 47.1 Å². The van der Waals surface area contributed by atoms with Crippen molar-refractivity contribution >= 4 is 29.8 Å². The van der Waals surface area contributed by atoms with Gasteiger partial charge in [-0.25, -0.2) is 9.59 Å². The first-order chi connectivity index (χ1) is 22.3. The van der Waals surface area contributed by atoms with Crippen molar-refractivity contribution in [2.45, 2.75) is 76.5 Å². The van der Waals surface area contributed by atoms with Crippen molar-refractivity contribution in [2.75, 3.05) is 51.1 Å². The molecule has 1 aliphatic carbocycles. The molecule has 10 heteroatoms. The third-order valence-corrected chi connectivity index (χ3v) is 10.3. The van der Waals surface area contributed by atoms with Crippen molar-refractivity contribution in [3.63, 3.8) is 0 Å². The Labute approximate surface area is 272 Å². The van der Waals surface area contributed by atoms with Crippen LogP contribution >= 0.6 is 0 Å². The Kier molecular flexibility index (Phi) is 9.82. The highest BCUT2D eigenvalue weighted by Crippen LogP contribution is 2.28. The van der Waals surface area contributed by atoms with E-state index in [-0.39, 0.29) is 30.2 Å². The molecular formula is C36H47N5O5. The number of ether oxygens (including phenoxy) is 1. The van der Waals surface area contributed by atoms with E-state index in [4.69, 9.17) is 4.74 Å². The maximum atomic E-state index is 14.0. The van der Waals surface area contributed by atoms with Crippen LogP contribution in [0.3, 0.4) is 0 Å². The minimum atomic E-state index is -0.986. The molecule has 2 aromatic rings. The van der Waals surface area contributed by atoms with Crippen LogP contribution in [0.5, 0.6) is 5.75 Å². The van der Waals surface area contributed by atoms with Gasteiger partial charge in [0.15, 0.2) is 6.10 Å². The molecule has 4 amide bonds. The van der Waals surface area contributed by atoms with Gasteiger partial charge >= 0.3 is 12.1 Å². The third-order valence-electron chi connectivity index (χ3n) is 10.3. The van der Waals surface area contributed by atoms with Crippen LogP contribution in [0.2, 0.25) is 0 Å². The molecule has 46 heavy (non-hydrogen) atoms. The van der Waals surface area contributed by atoms with Crippen LogP contribution in [0.1, 0.15) is 60.8 Å². The van der Waals surface area contributed by atoms with Crippen LogP contribution < -0.4 is 5.32 Å². The lowest BCUT2D eigenvalue weighted by Gasteiger charge is -2.40. The Morgan fingerprint density at radius 3 is 2.41 bits per heavy atom. The van der Waals surface area contributed by atoms with Gasteiger partial charge in [-0.3, -0.25) is 9.69 Å². The highest BCUT2D eigenvalue weighted by molar-refractivity contribution is 5.91. The molecule has 1 atom stereocenters. The van der Waals surface area contributed by atoms with Gasteiger partial charge in [0, 0.05) is 75.6 Å². The molecule has 0 unspecified atom stereocenters. The van der Waals surface area contributed by atoms with Crippen molar-refractivity contribution < 1.29 is 24.2 Å². The summed E-state index contributed by atoms with van der Waals surface area (Å²) >= 11 is 0. The summed E-state index contributed by atoms with van der Waals surface area (Å²) < 4.78 is 6.04. The number of carbonyl (C=O) groups is 3. The Morgan fingerprint density at radius 1 is 0.978 bits per heavy atom. The van der Waals surface area contributed by atoms with Gasteiger partial charge < -0.3 is 29.9 Å². The van der Waals surface area contributed by atoms with Gasteiger partial charge in [-0.15, -0.1) is 0 Å². The fraction of sp³-hybridized carbons (Fsp3) is 0.528. The summed E-state index contributed by atoms with van der Waals surface area (Å²) in [6.45, 7) is 10.0. The molecule has 246 valence electrons. The number of fused-ring (bicyclic) bond motifs is 1. The third kappa shape index (κ3) is 7.02. The molecule has 4 aliphatic rings. The summed E-state index contributed by atoms with van der Waals surface area (Å²) in [6, 6.07) is 12.1. The Hall–Kier alpha value is -4.05. The number of phenolic OH excluding ortho intramolecular Hbond substituents is 1. The zero-order chi connectivity index (χ0) is 32.2. The number of nitrogens with zero attached hydrogens (tertiary/aromatic N) is 4. The van der Waals surface area contributed by atoms with Crippen molar-refractivity contribution in [1.82, 2.24) is 19.6 Å². The van der Waals surface area contributed by atoms with Crippen LogP contribution in [0.4, 0.5) is 15.3 Å². The van der Waals surface area contributed by atoms with Gasteiger partial charge in [0.05, 0.1) is 0 Å². The minimum Gasteiger partial charge on any atom is -0.507 e. The highest BCUT2D eigenvalue weighted by atomic mass is 16.6. The number of hydrogen-bond donors (Lipinski definition) is 2. The summed E-state index contributed by atoms with van der Waals surface area (Å²) in [6.07, 6.45) is 7.37. The molecule has 0 radical (unpaired) electrons. The summed E-state index contributed by atoms with van der Waals surface area (Å²) in [5.41, 5.74) is 4.04. The van der Waals surface area contributed by atoms with E-state index in [1.165, 1.54) is 25.7 Å². The lowest BCUT2D eigenvalue weighted by atomic mass is 9.99. The fourth-order valence-corrected chi connectivity index (χ4v) is 7.63. The second-order valence-electron chi connectivity index (χ2n) is 13.2. The molecule has 1 saturated carbocycles. The number of urea groups is 1. The number of benzene rings is 2. The van der Waals surface area contributed by atoms with Gasteiger partial charge in [0.25, 0.3) is 5.91 Å². The molecule has 2 N–H and O–H groups in total. The lowest BCUT2D eigenvalue weighted by Crippen LogP contribution is -2.55. The zero-order valence-corrected chi connectivity index (χ0v) is 27.0. The number of piperazine rings is 1. The number of carbonyl (C=O) groups excluding carboxylic acids is 3. The summed E-state index contributed by atoms with van der Waals surface area (Å²) in [5, 5.41) is 13.5. The number of rotatable bonds is 7. The predicted molar refractivity (Wildman–Crippen MR) is 178 cm³/mol. The first-order valence-corrected chi connectivity index (χ1v) is 16.9. The molecule has 0 aromatic heterocycles. The van der Waals surface area contributed by atoms with Crippen LogP contribution in [-0.4, -0.2) is 107 Å². The monoisotopic (exact) mass is 629 g/mol. The molecule has 6 rings (SSSR count). The van der Waals surface area contributed by atoms with E-state index in [1.54, 1.807) is 17.0 Å². The number of amides is 4. The van der Waals surface area contributed by atoms with E-state index < -0.39 is 12.2 Å². The van der Waals surface area contributed by atoms with E-state index in [0.717, 1.165) is 36.3 Å². The van der Waals surface area contributed by atoms with Gasteiger partial charge in [0.2, 0.25) is 0 Å². The Bertz CT molecular complexity index is 1440. The van der Waals surface area contributed by atoms with Gasteiger partial charge in [-0.1, -0.05) is 49.8 Å². The average molecular weight is 630 g/mol. The highest BCUT2D eigenvalue weighted by Gasteiger charge is 2.36. The topological polar surface area (TPSA) is 106 Å². The zero-order valence-electron chi connectivity index (χ0n) is 27.0. The second-order valence-corrected chi connectivity index (χ2v) is 13.2. The smallest absolute Gasteiger partial charge is 0.410 e. The number of nitrogens with one attached hydrogen (secondary N) is 1. The number of aryl methyl sites for hydroxylation is 1. The number of anilines is 1. The van der Waals surface area contributed by atoms with E-state index in [9.17, 15) is 19.5 Å². The van der Waals surface area contributed by atoms with Crippen molar-refractivity contribution in [3.05, 3.63) is 65.2 Å². The van der Waals surface area contributed by atoms with Crippen LogP contribution in [0.25, 0.3) is 6.08 Å². The number of phenols is 1. The molecule has 0 spiro atoms. The van der Waals surface area contributed by atoms with E-state index in [0.29, 0.717) is 62.7 Å². The molecule has 0 bridgehead atoms. The Morgan fingerprint density at radius 2 is 1.70 bits per heavy atom. The van der Waals surface area contributed by atoms with Gasteiger partial charge in [-0.2, -0.15) is 0 Å². The summed E-state index contributed by atoms with van der Waals surface area (Å²) in [4.78, 5) is 48.5. The molecule has 2 saturated heterocycles. The van der Waals surface area contributed by atoms with Crippen LogP contribution in [0.15, 0.2) is 43.0 Å². The molecule has 3 aliphatic heterocycles. The van der Waals surface area contributed by atoms with Crippen LogP contribution in [0, 0.1) is 6.92 Å². The number of para-hydroxylation sites is 1. The lowest BCUT2D eigenvalue weighted by molar-refractivity contribution is -0.143. The first kappa shape index (κ1) is 31.9. The van der Waals surface area contributed by atoms with Crippen molar-refractivity contribution in [2.24, 2.45) is 0 Å². The van der Waals surface area contributed by atoms with Crippen molar-refractivity contribution in [1.29, 1.82) is 0 Å². The average Bonchev–Trinajstić information content (AvgIpc) is 3.56. The molecule has 2 aromatic carbocycles. The summed E-state index contributed by atoms with van der Waals surface area (Å²) in [5.74, 6) is -0.0208. The molecular weight excluding hydrogens is 582 g/mol. The number of aromatic hydroxyl groups is 1. The number of piperidine rings is 1. The van der Waals surface area contributed by atoms with Gasteiger partial charge in [0.1, 0.15) is 5.75 Å². The Balaban J connectivity index is 1.10. The quantitative estimate of drug-likeness (QED) is 0.445. The van der Waals surface area contributed by atoms with Crippen LogP contribution in [-0.2, 0) is 22.4 Å². The minimum absolute atomic E-state index is 0.0178. The molecule has 3 heterocycles. The normalized spacial score (nSPS) is 20.5. The van der Waals surface area contributed by atoms with E-state index in [2.05, 4.69) is 16.8 Å². The van der Waals surface area contributed by atoms with Crippen molar-refractivity contribution in [3.8, 4) is 5.75 Å². The fourth-order valence-electron chi connectivity index (χ4n) is 7.63. The largest absolute Gasteiger partial charge is 0.507 e. The molecule has 10 nitrogen and oxygen atoms in total. The second kappa shape index (κ2) is 14.2. The summed E-state index contributed by atoms with van der Waals surface area (Å²) in [7, 11) is 0. The first-order valence-electron chi connectivity index (χ1n) is 16.9. The standard InChI is InChI=1S/C36H47N5O5/c1-3-27-23-26(22-25(2)33(27)42)24-32(34(43)39-20-18-38(19-21-39)29-9-5-6-10-29)46-36(45)40-15-13-30(14-16-40)41-17-12-28-8-4-7-11-31(28)37-35(41)44/h3-4,7-8,11,22-23,29-30,32,42H,1,5-6,9-10,12-21,24H2,2H3,(H,37,44)/t32-/m1/s1. The molecule has 3 fully saturated rings. The SMILES string of the molecule is C=Cc1cc(C[C@@H](OC(=O)N2CCC(N3CCc4ccccc4NC3=O)CC2)C(=O)N2CCN(C3CCCC3)CC2)cc(C)c1O. The maximum Gasteiger partial charge on any atom is 0.410 e. The number of likely N-dealkylation sites (tertiary alicyclic amines) is 1. The maximum absolute atomic E-state index is 14.0. The number of hydrogen-bond acceptors (Lipinski definition) is 6.